The van der Waals surface area contributed by atoms with E-state index >= 15 is 0 Å². The Balaban J connectivity index is 0.000000158. The number of hydrogen-bond donors (Lipinski definition) is 0. The molecule has 0 atom stereocenters. The summed E-state index contributed by atoms with van der Waals surface area (Å²) in [5.41, 5.74) is 2.10. The molecule has 0 aliphatic heterocycles. The quantitative estimate of drug-likeness (QED) is 0.128. The van der Waals surface area contributed by atoms with E-state index in [-0.39, 0.29) is 5.75 Å². The first-order valence-electron chi connectivity index (χ1n) is 20.4. The number of benzene rings is 8. The highest BCUT2D eigenvalue weighted by atomic mass is 32.2. The lowest BCUT2D eigenvalue weighted by molar-refractivity contribution is -0.0500. The molecule has 13 aromatic rings. The van der Waals surface area contributed by atoms with Gasteiger partial charge in [-0.25, -0.2) is 0 Å². The highest BCUT2D eigenvalue weighted by Gasteiger charge is 2.48. The van der Waals surface area contributed by atoms with Crippen LogP contribution in [-0.2, 0) is 10.1 Å². The Labute approximate surface area is 389 Å². The summed E-state index contributed by atoms with van der Waals surface area (Å²) in [4.78, 5) is 0. The molecule has 0 aliphatic rings. The number of rotatable bonds is 5. The van der Waals surface area contributed by atoms with Gasteiger partial charge >= 0.3 is 15.6 Å². The number of alkyl halides is 3. The van der Waals surface area contributed by atoms with E-state index in [1.165, 1.54) is 107 Å². The fraction of sp³-hybridized carbons (Fsp3) is 0.0189. The van der Waals surface area contributed by atoms with Gasteiger partial charge in [-0.3, -0.25) is 0 Å². The summed E-state index contributed by atoms with van der Waals surface area (Å²) in [5.74, 6) is -0.352. The smallest absolute Gasteiger partial charge is 0.376 e. The fourth-order valence-electron chi connectivity index (χ4n) is 8.63. The Morgan fingerprint density at radius 3 is 1.43 bits per heavy atom. The van der Waals surface area contributed by atoms with E-state index in [0.717, 1.165) is 24.2 Å². The Bertz CT molecular complexity index is 4130. The lowest BCUT2D eigenvalue weighted by Crippen LogP contribution is -2.28. The molecule has 0 bridgehead atoms. The van der Waals surface area contributed by atoms with Crippen molar-refractivity contribution in [3.05, 3.63) is 176 Å². The Hall–Kier alpha value is -6.12. The van der Waals surface area contributed by atoms with Gasteiger partial charge in [0.25, 0.3) is 0 Å². The van der Waals surface area contributed by atoms with Crippen LogP contribution in [0.2, 0.25) is 0 Å². The first kappa shape index (κ1) is 40.4. The van der Waals surface area contributed by atoms with Gasteiger partial charge in [-0.15, -0.1) is 56.7 Å². The highest BCUT2D eigenvalue weighted by Crippen LogP contribution is 2.47. The molecule has 65 heavy (non-hydrogen) atoms. The third-order valence-corrected chi connectivity index (χ3v) is 18.7. The maximum Gasteiger partial charge on any atom is 0.534 e. The molecule has 0 radical (unpaired) electrons. The summed E-state index contributed by atoms with van der Waals surface area (Å²) in [6.45, 7) is 0. The zero-order chi connectivity index (χ0) is 44.0. The van der Waals surface area contributed by atoms with Crippen molar-refractivity contribution in [3.63, 3.8) is 0 Å². The van der Waals surface area contributed by atoms with Gasteiger partial charge in [-0.2, -0.15) is 21.6 Å². The number of hydrogen-bond acceptors (Lipinski definition) is 8. The van der Waals surface area contributed by atoms with Crippen LogP contribution in [-0.4, -0.2) is 13.9 Å². The van der Waals surface area contributed by atoms with Crippen molar-refractivity contribution in [2.24, 2.45) is 0 Å². The minimum atomic E-state index is -5.68. The van der Waals surface area contributed by atoms with Crippen LogP contribution in [0.5, 0.6) is 5.75 Å². The molecule has 0 N–H and O–H groups in total. The number of thiophene rings is 5. The largest absolute Gasteiger partial charge is 0.534 e. The van der Waals surface area contributed by atoms with Crippen LogP contribution >= 0.6 is 56.7 Å². The molecule has 0 amide bonds. The van der Waals surface area contributed by atoms with Gasteiger partial charge in [0.1, 0.15) is 5.75 Å². The van der Waals surface area contributed by atoms with Gasteiger partial charge < -0.3 is 4.18 Å². The van der Waals surface area contributed by atoms with E-state index < -0.39 is 15.6 Å². The summed E-state index contributed by atoms with van der Waals surface area (Å²) in [5, 5.41) is 9.40. The Morgan fingerprint density at radius 1 is 0.385 bits per heavy atom. The molecule has 8 aromatic carbocycles. The normalized spacial score (nSPS) is 12.4. The second kappa shape index (κ2) is 15.5. The summed E-state index contributed by atoms with van der Waals surface area (Å²) in [6.07, 6.45) is 0. The van der Waals surface area contributed by atoms with E-state index in [1.807, 2.05) is 58.3 Å². The molecule has 0 saturated carbocycles. The van der Waals surface area contributed by atoms with E-state index in [4.69, 9.17) is 0 Å². The van der Waals surface area contributed by atoms with Crippen molar-refractivity contribution < 1.29 is 25.8 Å². The molecule has 0 spiro atoms. The molecule has 12 heteroatoms. The maximum atomic E-state index is 12.5. The number of halogens is 3. The van der Waals surface area contributed by atoms with E-state index in [9.17, 15) is 21.6 Å². The molecular weight excluding hydrogens is 934 g/mol. The summed E-state index contributed by atoms with van der Waals surface area (Å²) < 4.78 is 73.8. The first-order chi connectivity index (χ1) is 31.6. The zero-order valence-corrected chi connectivity index (χ0v) is 38.5. The maximum absolute atomic E-state index is 12.5. The topological polar surface area (TPSA) is 43.4 Å². The molecule has 0 saturated heterocycles. The SMILES string of the molecule is O=S(=O)(Oc1ccc2sc3sc4ccccc4c3c2c1)C(F)(F)F.c1cc(-c2cccc(-c3cccc4c3sc3ccccc34)c2)cc(-c2ccc3sc4sc5ccccc5c4c3c2)c1. The minimum Gasteiger partial charge on any atom is -0.376 e. The van der Waals surface area contributed by atoms with Crippen LogP contribution in [0.3, 0.4) is 0 Å². The van der Waals surface area contributed by atoms with Crippen LogP contribution in [0.1, 0.15) is 0 Å². The van der Waals surface area contributed by atoms with Gasteiger partial charge in [-0.1, -0.05) is 115 Å². The molecule has 0 fully saturated rings. The monoisotopic (exact) mass is 962 g/mol. The first-order valence-corrected chi connectivity index (χ1v) is 25.9. The summed E-state index contributed by atoms with van der Waals surface area (Å²) in [7, 11) is -5.68. The van der Waals surface area contributed by atoms with Crippen molar-refractivity contribution in [1.82, 2.24) is 0 Å². The van der Waals surface area contributed by atoms with Gasteiger partial charge in [0.2, 0.25) is 0 Å². The fourth-order valence-corrected chi connectivity index (χ4v) is 15.5. The van der Waals surface area contributed by atoms with Crippen LogP contribution in [0, 0.1) is 0 Å². The van der Waals surface area contributed by atoms with Crippen LogP contribution in [0.25, 0.3) is 113 Å². The summed E-state index contributed by atoms with van der Waals surface area (Å²) >= 11 is 8.81. The van der Waals surface area contributed by atoms with Crippen molar-refractivity contribution in [3.8, 4) is 39.1 Å². The van der Waals surface area contributed by atoms with E-state index in [1.54, 1.807) is 17.4 Å². The lowest BCUT2D eigenvalue weighted by Gasteiger charge is -2.09. The van der Waals surface area contributed by atoms with E-state index in [2.05, 4.69) is 138 Å². The molecule has 0 aliphatic carbocycles. The van der Waals surface area contributed by atoms with Gasteiger partial charge in [0.05, 0.1) is 8.03 Å². The average molecular weight is 963 g/mol. The van der Waals surface area contributed by atoms with Crippen molar-refractivity contribution in [2.75, 3.05) is 0 Å². The van der Waals surface area contributed by atoms with Crippen LogP contribution < -0.4 is 4.18 Å². The van der Waals surface area contributed by atoms with Gasteiger partial charge in [0, 0.05) is 71.3 Å². The molecule has 5 aromatic heterocycles. The predicted octanol–water partition coefficient (Wildman–Crippen LogP) is 18.1. The predicted molar refractivity (Wildman–Crippen MR) is 274 cm³/mol. The second-order valence-electron chi connectivity index (χ2n) is 15.5. The molecule has 0 unspecified atom stereocenters. The summed E-state index contributed by atoms with van der Waals surface area (Å²) in [6, 6.07) is 61.1. The average Bonchev–Trinajstić information content (AvgIpc) is 4.13. The molecule has 5 heterocycles. The molecule has 316 valence electrons. The van der Waals surface area contributed by atoms with Crippen molar-refractivity contribution in [2.45, 2.75) is 5.51 Å². The van der Waals surface area contributed by atoms with Gasteiger partial charge in [0.15, 0.2) is 0 Å². The zero-order valence-electron chi connectivity index (χ0n) is 33.6. The molecule has 3 nitrogen and oxygen atoms in total. The van der Waals surface area contributed by atoms with Crippen molar-refractivity contribution in [1.29, 1.82) is 0 Å². The standard InChI is InChI=1S/C38H22S3.C15H7F3O3S3/c1-3-16-33-29(12-1)30-15-7-14-28(37(30)39-33)27-11-6-10-25(21-27)23-8-5-9-24(20-23)26-18-19-35-32(22-26)36-31-13-2-4-17-34(31)40-38(36)41-35;16-15(17,18)24(19,20)21-8-5-6-12-10(7-8)13-9-3-1-2-4-11(9)22-14(13)23-12/h1-22H;1-7H. The highest BCUT2D eigenvalue weighted by molar-refractivity contribution is 7.88. The van der Waals surface area contributed by atoms with Gasteiger partial charge in [-0.05, 0) is 94.0 Å². The lowest BCUT2D eigenvalue weighted by atomic mass is 9.95. The van der Waals surface area contributed by atoms with E-state index in [0.29, 0.717) is 5.39 Å². The Kier molecular flexibility index (Phi) is 9.64. The third kappa shape index (κ3) is 6.98. The van der Waals surface area contributed by atoms with Crippen molar-refractivity contribution >= 4 is 146 Å². The Morgan fingerprint density at radius 2 is 0.831 bits per heavy atom. The molecular formula is C53H29F3O3S6. The second-order valence-corrected chi connectivity index (χ2v) is 22.8. The minimum absolute atomic E-state index is 0.352. The molecule has 13 rings (SSSR count). The van der Waals surface area contributed by atoms with Crippen LogP contribution in [0.15, 0.2) is 176 Å². The van der Waals surface area contributed by atoms with Crippen LogP contribution in [0.4, 0.5) is 13.2 Å². The number of fused-ring (bicyclic) bond motifs is 13. The third-order valence-electron chi connectivity index (χ3n) is 11.6.